The number of hydrogen-bond acceptors (Lipinski definition) is 4. The van der Waals surface area contributed by atoms with E-state index in [0.29, 0.717) is 18.1 Å². The minimum atomic E-state index is -3.57. The summed E-state index contributed by atoms with van der Waals surface area (Å²) in [5, 5.41) is 3.05. The summed E-state index contributed by atoms with van der Waals surface area (Å²) in [5.74, 6) is 0.486. The Balaban J connectivity index is 1.96. The lowest BCUT2D eigenvalue weighted by molar-refractivity contribution is 0.0921. The highest BCUT2D eigenvalue weighted by Gasteiger charge is 2.21. The fourth-order valence-corrected chi connectivity index (χ4v) is 3.99. The predicted octanol–water partition coefficient (Wildman–Crippen LogP) is 1.92. The molecule has 0 bridgehead atoms. The second-order valence-electron chi connectivity index (χ2n) is 6.36. The molecule has 1 aromatic rings. The number of benzene rings is 1. The highest BCUT2D eigenvalue weighted by molar-refractivity contribution is 7.89. The SMILES string of the molecule is COCCNS(=O)(=O)c1ccc(C(=O)NC2CCCC(C)C2)cc1. The van der Waals surface area contributed by atoms with Crippen molar-refractivity contribution >= 4 is 15.9 Å². The molecular formula is C17H26N2O4S. The fraction of sp³-hybridized carbons (Fsp3) is 0.588. The van der Waals surface area contributed by atoms with Gasteiger partial charge >= 0.3 is 0 Å². The van der Waals surface area contributed by atoms with E-state index in [4.69, 9.17) is 4.74 Å². The Morgan fingerprint density at radius 1 is 1.25 bits per heavy atom. The first-order chi connectivity index (χ1) is 11.4. The summed E-state index contributed by atoms with van der Waals surface area (Å²) >= 11 is 0. The molecule has 1 amide bonds. The van der Waals surface area contributed by atoms with Crippen LogP contribution in [0.5, 0.6) is 0 Å². The van der Waals surface area contributed by atoms with E-state index in [1.54, 1.807) is 12.1 Å². The molecule has 1 aliphatic carbocycles. The average molecular weight is 354 g/mol. The summed E-state index contributed by atoms with van der Waals surface area (Å²) in [5.41, 5.74) is 0.476. The van der Waals surface area contributed by atoms with Crippen LogP contribution in [-0.2, 0) is 14.8 Å². The Kier molecular flexibility index (Phi) is 6.77. The largest absolute Gasteiger partial charge is 0.383 e. The Morgan fingerprint density at radius 3 is 2.58 bits per heavy atom. The van der Waals surface area contributed by atoms with Crippen LogP contribution in [0.4, 0.5) is 0 Å². The molecule has 2 N–H and O–H groups in total. The van der Waals surface area contributed by atoms with E-state index in [2.05, 4.69) is 17.0 Å². The lowest BCUT2D eigenvalue weighted by Gasteiger charge is -2.27. The van der Waals surface area contributed by atoms with Crippen molar-refractivity contribution in [1.82, 2.24) is 10.0 Å². The lowest BCUT2D eigenvalue weighted by atomic mass is 9.87. The monoisotopic (exact) mass is 354 g/mol. The van der Waals surface area contributed by atoms with E-state index < -0.39 is 10.0 Å². The molecule has 0 heterocycles. The van der Waals surface area contributed by atoms with Crippen LogP contribution in [0, 0.1) is 5.92 Å². The molecule has 2 rings (SSSR count). The Morgan fingerprint density at radius 2 is 1.96 bits per heavy atom. The van der Waals surface area contributed by atoms with E-state index in [1.807, 2.05) is 0 Å². The third kappa shape index (κ3) is 5.29. The summed E-state index contributed by atoms with van der Waals surface area (Å²) in [6.45, 7) is 2.72. The van der Waals surface area contributed by atoms with E-state index >= 15 is 0 Å². The quantitative estimate of drug-likeness (QED) is 0.733. The topological polar surface area (TPSA) is 84.5 Å². The van der Waals surface area contributed by atoms with Crippen LogP contribution in [0.15, 0.2) is 29.2 Å². The van der Waals surface area contributed by atoms with Crippen molar-refractivity contribution in [3.63, 3.8) is 0 Å². The molecular weight excluding hydrogens is 328 g/mol. The van der Waals surface area contributed by atoms with Gasteiger partial charge in [-0.15, -0.1) is 0 Å². The number of sulfonamides is 1. The summed E-state index contributed by atoms with van der Waals surface area (Å²) in [7, 11) is -2.06. The number of rotatable bonds is 7. The zero-order chi connectivity index (χ0) is 17.6. The van der Waals surface area contributed by atoms with Crippen molar-refractivity contribution in [1.29, 1.82) is 0 Å². The van der Waals surface area contributed by atoms with Gasteiger partial charge in [0.2, 0.25) is 10.0 Å². The van der Waals surface area contributed by atoms with Crippen LogP contribution in [0.2, 0.25) is 0 Å². The van der Waals surface area contributed by atoms with Crippen LogP contribution >= 0.6 is 0 Å². The number of nitrogens with one attached hydrogen (secondary N) is 2. The van der Waals surface area contributed by atoms with Gasteiger partial charge in [0.25, 0.3) is 5.91 Å². The van der Waals surface area contributed by atoms with Crippen LogP contribution in [0.25, 0.3) is 0 Å². The van der Waals surface area contributed by atoms with Gasteiger partial charge in [-0.25, -0.2) is 13.1 Å². The molecule has 1 aromatic carbocycles. The van der Waals surface area contributed by atoms with E-state index in [1.165, 1.54) is 25.7 Å². The van der Waals surface area contributed by atoms with Gasteiger partial charge in [-0.3, -0.25) is 4.79 Å². The van der Waals surface area contributed by atoms with Gasteiger partial charge in [-0.1, -0.05) is 19.8 Å². The van der Waals surface area contributed by atoms with Crippen molar-refractivity contribution in [2.45, 2.75) is 43.5 Å². The third-order valence-corrected chi connectivity index (χ3v) is 5.77. The third-order valence-electron chi connectivity index (χ3n) is 4.30. The molecule has 0 radical (unpaired) electrons. The van der Waals surface area contributed by atoms with Crippen molar-refractivity contribution < 1.29 is 17.9 Å². The van der Waals surface area contributed by atoms with E-state index in [0.717, 1.165) is 19.3 Å². The van der Waals surface area contributed by atoms with Crippen molar-refractivity contribution in [3.8, 4) is 0 Å². The number of methoxy groups -OCH3 is 1. The van der Waals surface area contributed by atoms with Crippen molar-refractivity contribution in [2.75, 3.05) is 20.3 Å². The Labute approximate surface area is 144 Å². The van der Waals surface area contributed by atoms with Crippen LogP contribution in [0.1, 0.15) is 43.0 Å². The van der Waals surface area contributed by atoms with Gasteiger partial charge < -0.3 is 10.1 Å². The molecule has 0 spiro atoms. The van der Waals surface area contributed by atoms with Gasteiger partial charge in [0, 0.05) is 25.3 Å². The fourth-order valence-electron chi connectivity index (χ4n) is 2.98. The van der Waals surface area contributed by atoms with Gasteiger partial charge in [0.05, 0.1) is 11.5 Å². The molecule has 1 fully saturated rings. The molecule has 1 aliphatic rings. The van der Waals surface area contributed by atoms with E-state index in [-0.39, 0.29) is 23.4 Å². The minimum absolute atomic E-state index is 0.140. The molecule has 134 valence electrons. The maximum absolute atomic E-state index is 12.3. The first-order valence-electron chi connectivity index (χ1n) is 8.32. The molecule has 6 nitrogen and oxygen atoms in total. The van der Waals surface area contributed by atoms with Crippen molar-refractivity contribution in [3.05, 3.63) is 29.8 Å². The van der Waals surface area contributed by atoms with E-state index in [9.17, 15) is 13.2 Å². The molecule has 2 atom stereocenters. The lowest BCUT2D eigenvalue weighted by Crippen LogP contribution is -2.38. The highest BCUT2D eigenvalue weighted by Crippen LogP contribution is 2.23. The standard InChI is InChI=1S/C17H26N2O4S/c1-13-4-3-5-15(12-13)19-17(20)14-6-8-16(9-7-14)24(21,22)18-10-11-23-2/h6-9,13,15,18H,3-5,10-12H2,1-2H3,(H,19,20). The second-order valence-corrected chi connectivity index (χ2v) is 8.12. The first-order valence-corrected chi connectivity index (χ1v) is 9.80. The number of amides is 1. The molecule has 24 heavy (non-hydrogen) atoms. The number of carbonyl (C=O) groups excluding carboxylic acids is 1. The molecule has 0 saturated heterocycles. The molecule has 0 aliphatic heterocycles. The summed E-state index contributed by atoms with van der Waals surface area (Å²) in [4.78, 5) is 12.4. The zero-order valence-corrected chi connectivity index (χ0v) is 15.1. The second kappa shape index (κ2) is 8.60. The average Bonchev–Trinajstić information content (AvgIpc) is 2.55. The van der Waals surface area contributed by atoms with Crippen molar-refractivity contribution in [2.24, 2.45) is 5.92 Å². The molecule has 1 saturated carbocycles. The van der Waals surface area contributed by atoms with Crippen LogP contribution in [0.3, 0.4) is 0 Å². The van der Waals surface area contributed by atoms with Gasteiger partial charge in [0.1, 0.15) is 0 Å². The molecule has 0 aromatic heterocycles. The van der Waals surface area contributed by atoms with Crippen LogP contribution < -0.4 is 10.0 Å². The normalized spacial score (nSPS) is 21.4. The zero-order valence-electron chi connectivity index (χ0n) is 14.2. The maximum atomic E-state index is 12.3. The van der Waals surface area contributed by atoms with Gasteiger partial charge in [0.15, 0.2) is 0 Å². The first kappa shape index (κ1) is 18.9. The number of ether oxygens (including phenoxy) is 1. The van der Waals surface area contributed by atoms with Gasteiger partial charge in [-0.05, 0) is 43.0 Å². The Hall–Kier alpha value is -1.44. The molecule has 2 unspecified atom stereocenters. The molecule has 7 heteroatoms. The smallest absolute Gasteiger partial charge is 0.251 e. The number of carbonyl (C=O) groups is 1. The summed E-state index contributed by atoms with van der Waals surface area (Å²) in [6.07, 6.45) is 4.36. The predicted molar refractivity (Wildman–Crippen MR) is 92.4 cm³/mol. The summed E-state index contributed by atoms with van der Waals surface area (Å²) < 4.78 is 31.4. The van der Waals surface area contributed by atoms with Crippen LogP contribution in [-0.4, -0.2) is 40.6 Å². The van der Waals surface area contributed by atoms with Gasteiger partial charge in [-0.2, -0.15) is 0 Å². The number of hydrogen-bond donors (Lipinski definition) is 2. The summed E-state index contributed by atoms with van der Waals surface area (Å²) in [6, 6.07) is 6.21. The maximum Gasteiger partial charge on any atom is 0.251 e. The minimum Gasteiger partial charge on any atom is -0.383 e. The Bertz CT molecular complexity index is 643. The highest BCUT2D eigenvalue weighted by atomic mass is 32.2.